The zero-order chi connectivity index (χ0) is 12.9. The van der Waals surface area contributed by atoms with Gasteiger partial charge in [-0.05, 0) is 13.3 Å². The minimum atomic E-state index is -0.869. The number of anilines is 1. The Balaban J connectivity index is 2.35. The first kappa shape index (κ1) is 13.4. The molecule has 1 aromatic rings. The van der Waals surface area contributed by atoms with Crippen LogP contribution in [0.25, 0.3) is 0 Å². The average molecular weight is 241 g/mol. The minimum absolute atomic E-state index is 0.0480. The van der Waals surface area contributed by atoms with Gasteiger partial charge in [-0.15, -0.1) is 5.10 Å². The quantitative estimate of drug-likeness (QED) is 0.624. The summed E-state index contributed by atoms with van der Waals surface area (Å²) >= 11 is 0. The molecule has 1 rings (SSSR count). The van der Waals surface area contributed by atoms with Crippen LogP contribution >= 0.6 is 0 Å². The third-order valence-electron chi connectivity index (χ3n) is 2.31. The summed E-state index contributed by atoms with van der Waals surface area (Å²) in [6, 6.07) is 0. The van der Waals surface area contributed by atoms with Crippen LogP contribution < -0.4 is 11.1 Å². The molecule has 4 N–H and O–H groups in total. The van der Waals surface area contributed by atoms with Crippen LogP contribution in [-0.2, 0) is 11.3 Å². The van der Waals surface area contributed by atoms with Gasteiger partial charge in [0.1, 0.15) is 12.9 Å². The van der Waals surface area contributed by atoms with E-state index in [1.54, 1.807) is 6.92 Å². The van der Waals surface area contributed by atoms with E-state index in [0.29, 0.717) is 6.42 Å². The van der Waals surface area contributed by atoms with Crippen molar-refractivity contribution in [3.05, 3.63) is 6.33 Å². The summed E-state index contributed by atoms with van der Waals surface area (Å²) in [6.07, 6.45) is 2.89. The zero-order valence-corrected chi connectivity index (χ0v) is 10.2. The van der Waals surface area contributed by atoms with Crippen molar-refractivity contribution in [2.45, 2.75) is 38.8 Å². The van der Waals surface area contributed by atoms with Gasteiger partial charge in [0.05, 0.1) is 5.60 Å². The number of rotatable bonds is 6. The Kier molecular flexibility index (Phi) is 4.45. The highest BCUT2D eigenvalue weighted by atomic mass is 16.3. The summed E-state index contributed by atoms with van der Waals surface area (Å²) in [5, 5.41) is 16.3. The fraction of sp³-hybridized carbons (Fsp3) is 0.700. The third kappa shape index (κ3) is 4.81. The number of carbonyl (C=O) groups excluding carboxylic acids is 1. The molecule has 1 amide bonds. The van der Waals surface area contributed by atoms with E-state index >= 15 is 0 Å². The van der Waals surface area contributed by atoms with Gasteiger partial charge in [0.15, 0.2) is 0 Å². The Hall–Kier alpha value is -1.63. The van der Waals surface area contributed by atoms with Crippen molar-refractivity contribution in [3.8, 4) is 0 Å². The van der Waals surface area contributed by atoms with Crippen LogP contribution in [-0.4, -0.2) is 37.9 Å². The number of hydrogen-bond acceptors (Lipinski definition) is 5. The van der Waals surface area contributed by atoms with E-state index in [1.807, 2.05) is 6.92 Å². The van der Waals surface area contributed by atoms with Crippen molar-refractivity contribution < 1.29 is 9.90 Å². The number of nitrogen functional groups attached to an aromatic ring is 1. The van der Waals surface area contributed by atoms with Crippen molar-refractivity contribution in [3.63, 3.8) is 0 Å². The molecule has 0 aromatic carbocycles. The minimum Gasteiger partial charge on any atom is -0.388 e. The van der Waals surface area contributed by atoms with E-state index < -0.39 is 5.60 Å². The fourth-order valence-electron chi connectivity index (χ4n) is 1.50. The molecule has 1 unspecified atom stereocenters. The molecule has 0 saturated carbocycles. The molecule has 0 fully saturated rings. The second-order valence-electron chi connectivity index (χ2n) is 4.32. The molecule has 0 radical (unpaired) electrons. The summed E-state index contributed by atoms with van der Waals surface area (Å²) in [5.41, 5.74) is 4.45. The van der Waals surface area contributed by atoms with Crippen LogP contribution in [0.3, 0.4) is 0 Å². The second-order valence-corrected chi connectivity index (χ2v) is 4.32. The van der Waals surface area contributed by atoms with Crippen molar-refractivity contribution in [1.82, 2.24) is 20.1 Å². The second kappa shape index (κ2) is 5.62. The molecule has 0 aliphatic heterocycles. The van der Waals surface area contributed by atoms with Gasteiger partial charge >= 0.3 is 0 Å². The maximum atomic E-state index is 11.5. The summed E-state index contributed by atoms with van der Waals surface area (Å²) in [4.78, 5) is 15.2. The lowest BCUT2D eigenvalue weighted by Gasteiger charge is -2.22. The molecule has 1 heterocycles. The van der Waals surface area contributed by atoms with Crippen LogP contribution in [0.5, 0.6) is 0 Å². The average Bonchev–Trinajstić information content (AvgIpc) is 2.61. The molecular formula is C10H19N5O2. The first-order valence-electron chi connectivity index (χ1n) is 5.57. The summed E-state index contributed by atoms with van der Waals surface area (Å²) in [5.74, 6) is -0.0953. The number of carbonyl (C=O) groups is 1. The molecule has 0 aliphatic carbocycles. The first-order chi connectivity index (χ1) is 7.93. The van der Waals surface area contributed by atoms with Gasteiger partial charge in [-0.3, -0.25) is 4.79 Å². The Morgan fingerprint density at radius 2 is 2.41 bits per heavy atom. The van der Waals surface area contributed by atoms with Gasteiger partial charge in [-0.2, -0.15) is 0 Å². The predicted octanol–water partition coefficient (Wildman–Crippen LogP) is -0.472. The van der Waals surface area contributed by atoms with Crippen LogP contribution in [0.4, 0.5) is 5.95 Å². The van der Waals surface area contributed by atoms with Gasteiger partial charge in [-0.25, -0.2) is 9.67 Å². The molecule has 1 atom stereocenters. The number of amides is 1. The van der Waals surface area contributed by atoms with Gasteiger partial charge < -0.3 is 16.2 Å². The highest BCUT2D eigenvalue weighted by Gasteiger charge is 2.19. The van der Waals surface area contributed by atoms with E-state index in [0.717, 1.165) is 6.42 Å². The topological polar surface area (TPSA) is 106 Å². The Morgan fingerprint density at radius 3 is 2.94 bits per heavy atom. The van der Waals surface area contributed by atoms with Crippen molar-refractivity contribution in [1.29, 1.82) is 0 Å². The van der Waals surface area contributed by atoms with E-state index in [-0.39, 0.29) is 24.9 Å². The molecule has 7 heteroatoms. The Bertz CT molecular complexity index is 375. The number of nitrogens with zero attached hydrogens (tertiary/aromatic N) is 3. The molecular weight excluding hydrogens is 222 g/mol. The smallest absolute Gasteiger partial charge is 0.241 e. The SMILES string of the molecule is CCCC(C)(O)CNC(=O)Cn1cnc(N)n1. The van der Waals surface area contributed by atoms with Crippen LogP contribution in [0.1, 0.15) is 26.7 Å². The molecule has 0 spiro atoms. The molecule has 7 nitrogen and oxygen atoms in total. The number of aliphatic hydroxyl groups is 1. The van der Waals surface area contributed by atoms with E-state index in [9.17, 15) is 9.90 Å². The number of hydrogen-bond donors (Lipinski definition) is 3. The van der Waals surface area contributed by atoms with Gasteiger partial charge in [0, 0.05) is 6.54 Å². The van der Waals surface area contributed by atoms with Crippen LogP contribution in [0.15, 0.2) is 6.33 Å². The highest BCUT2D eigenvalue weighted by molar-refractivity contribution is 5.75. The standard InChI is InChI=1S/C10H19N5O2/c1-3-4-10(2,17)6-12-8(16)5-15-7-13-9(11)14-15/h7,17H,3-6H2,1-2H3,(H2,11,14)(H,12,16). The monoisotopic (exact) mass is 241 g/mol. The van der Waals surface area contributed by atoms with Crippen molar-refractivity contribution >= 4 is 11.9 Å². The third-order valence-corrected chi connectivity index (χ3v) is 2.31. The van der Waals surface area contributed by atoms with Crippen molar-refractivity contribution in [2.75, 3.05) is 12.3 Å². The van der Waals surface area contributed by atoms with Crippen molar-refractivity contribution in [2.24, 2.45) is 0 Å². The lowest BCUT2D eigenvalue weighted by Crippen LogP contribution is -2.41. The number of nitrogens with one attached hydrogen (secondary N) is 1. The fourth-order valence-corrected chi connectivity index (χ4v) is 1.50. The van der Waals surface area contributed by atoms with E-state index in [2.05, 4.69) is 15.4 Å². The zero-order valence-electron chi connectivity index (χ0n) is 10.2. The first-order valence-corrected chi connectivity index (χ1v) is 5.57. The summed E-state index contributed by atoms with van der Waals surface area (Å²) < 4.78 is 1.35. The maximum Gasteiger partial charge on any atom is 0.241 e. The molecule has 0 bridgehead atoms. The van der Waals surface area contributed by atoms with Gasteiger partial charge in [0.2, 0.25) is 11.9 Å². The number of aromatic nitrogens is 3. The highest BCUT2D eigenvalue weighted by Crippen LogP contribution is 2.09. The molecule has 0 aliphatic rings. The lowest BCUT2D eigenvalue weighted by molar-refractivity contribution is -0.123. The summed E-state index contributed by atoms with van der Waals surface area (Å²) in [6.45, 7) is 3.95. The van der Waals surface area contributed by atoms with Crippen LogP contribution in [0.2, 0.25) is 0 Å². The van der Waals surface area contributed by atoms with Gasteiger partial charge in [0.25, 0.3) is 0 Å². The Labute approximate surface area is 100 Å². The predicted molar refractivity (Wildman–Crippen MR) is 63.0 cm³/mol. The normalized spacial score (nSPS) is 14.3. The van der Waals surface area contributed by atoms with E-state index in [1.165, 1.54) is 11.0 Å². The molecule has 0 saturated heterocycles. The van der Waals surface area contributed by atoms with Gasteiger partial charge in [-0.1, -0.05) is 13.3 Å². The molecule has 96 valence electrons. The Morgan fingerprint density at radius 1 is 1.71 bits per heavy atom. The summed E-state index contributed by atoms with van der Waals surface area (Å²) in [7, 11) is 0. The molecule has 1 aromatic heterocycles. The number of nitrogens with two attached hydrogens (primary N) is 1. The largest absolute Gasteiger partial charge is 0.388 e. The van der Waals surface area contributed by atoms with E-state index in [4.69, 9.17) is 5.73 Å². The lowest BCUT2D eigenvalue weighted by atomic mass is 10.0. The van der Waals surface area contributed by atoms with Crippen LogP contribution in [0, 0.1) is 0 Å². The molecule has 17 heavy (non-hydrogen) atoms. The maximum absolute atomic E-state index is 11.5.